The molecule has 1 rings (SSSR count). The van der Waals surface area contributed by atoms with Gasteiger partial charge < -0.3 is 14.4 Å². The quantitative estimate of drug-likeness (QED) is 0.612. The zero-order valence-electron chi connectivity index (χ0n) is 11.8. The smallest absolute Gasteiger partial charge is 0.0495 e. The summed E-state index contributed by atoms with van der Waals surface area (Å²) in [6.07, 6.45) is 3.62. The number of ether oxygens (including phenoxy) is 2. The number of nitrogens with zero attached hydrogens (tertiary/aromatic N) is 1. The van der Waals surface area contributed by atoms with Crippen LogP contribution in [0.1, 0.15) is 40.0 Å². The minimum atomic E-state index is 0.697. The first kappa shape index (κ1) is 14.9. The van der Waals surface area contributed by atoms with E-state index < -0.39 is 0 Å². The number of likely N-dealkylation sites (tertiary alicyclic amines) is 1. The van der Waals surface area contributed by atoms with Crippen molar-refractivity contribution in [3.05, 3.63) is 0 Å². The summed E-state index contributed by atoms with van der Waals surface area (Å²) in [6.45, 7) is 12.5. The van der Waals surface area contributed by atoms with Crippen molar-refractivity contribution in [2.75, 3.05) is 39.5 Å². The summed E-state index contributed by atoms with van der Waals surface area (Å²) < 4.78 is 11.0. The fraction of sp³-hybridized carbons (Fsp3) is 1.00. The molecule has 0 aromatic rings. The van der Waals surface area contributed by atoms with E-state index >= 15 is 0 Å². The fourth-order valence-electron chi connectivity index (χ4n) is 2.29. The van der Waals surface area contributed by atoms with Gasteiger partial charge in [0.25, 0.3) is 0 Å². The zero-order chi connectivity index (χ0) is 12.5. The first-order chi connectivity index (χ1) is 8.24. The van der Waals surface area contributed by atoms with Gasteiger partial charge in [0.15, 0.2) is 0 Å². The van der Waals surface area contributed by atoms with Crippen LogP contribution >= 0.6 is 0 Å². The Morgan fingerprint density at radius 2 is 1.76 bits per heavy atom. The van der Waals surface area contributed by atoms with Gasteiger partial charge in [0, 0.05) is 32.5 Å². The summed E-state index contributed by atoms with van der Waals surface area (Å²) in [5.74, 6) is 0.775. The number of hydrogen-bond donors (Lipinski definition) is 0. The molecule has 17 heavy (non-hydrogen) atoms. The molecule has 0 spiro atoms. The summed E-state index contributed by atoms with van der Waals surface area (Å²) in [5, 5.41) is 0. The molecular weight excluding hydrogens is 214 g/mol. The molecule has 102 valence electrons. The predicted molar refractivity (Wildman–Crippen MR) is 71.4 cm³/mol. The molecule has 1 aliphatic rings. The van der Waals surface area contributed by atoms with E-state index in [9.17, 15) is 0 Å². The third-order valence-electron chi connectivity index (χ3n) is 3.51. The molecule has 0 saturated carbocycles. The van der Waals surface area contributed by atoms with Gasteiger partial charge in [-0.15, -0.1) is 0 Å². The highest BCUT2D eigenvalue weighted by Gasteiger charge is 2.20. The zero-order valence-corrected chi connectivity index (χ0v) is 11.8. The van der Waals surface area contributed by atoms with E-state index in [4.69, 9.17) is 9.47 Å². The van der Waals surface area contributed by atoms with E-state index in [1.54, 1.807) is 0 Å². The Hall–Kier alpha value is -0.120. The Morgan fingerprint density at radius 3 is 2.35 bits per heavy atom. The highest BCUT2D eigenvalue weighted by molar-refractivity contribution is 4.74. The van der Waals surface area contributed by atoms with E-state index in [0.717, 1.165) is 38.8 Å². The van der Waals surface area contributed by atoms with Crippen molar-refractivity contribution in [1.82, 2.24) is 4.90 Å². The summed E-state index contributed by atoms with van der Waals surface area (Å²) in [4.78, 5) is 2.56. The maximum atomic E-state index is 5.72. The average molecular weight is 243 g/mol. The Labute approximate surface area is 106 Å². The van der Waals surface area contributed by atoms with Crippen molar-refractivity contribution in [1.29, 1.82) is 0 Å². The van der Waals surface area contributed by atoms with E-state index in [1.807, 2.05) is 6.92 Å². The number of rotatable bonds is 8. The molecule has 0 atom stereocenters. The van der Waals surface area contributed by atoms with Crippen LogP contribution in [0.15, 0.2) is 0 Å². The molecule has 0 aliphatic carbocycles. The van der Waals surface area contributed by atoms with Crippen LogP contribution in [0.5, 0.6) is 0 Å². The minimum absolute atomic E-state index is 0.697. The first-order valence-corrected chi connectivity index (χ1v) is 7.13. The highest BCUT2D eigenvalue weighted by Crippen LogP contribution is 2.19. The van der Waals surface area contributed by atoms with Gasteiger partial charge >= 0.3 is 0 Å². The lowest BCUT2D eigenvalue weighted by Crippen LogP contribution is -2.39. The van der Waals surface area contributed by atoms with Gasteiger partial charge in [0.1, 0.15) is 0 Å². The van der Waals surface area contributed by atoms with E-state index in [2.05, 4.69) is 18.7 Å². The predicted octanol–water partition coefficient (Wildman–Crippen LogP) is 2.55. The van der Waals surface area contributed by atoms with Crippen molar-refractivity contribution < 1.29 is 9.47 Å². The molecule has 0 N–H and O–H groups in total. The number of piperidine rings is 1. The monoisotopic (exact) mass is 243 g/mol. The van der Waals surface area contributed by atoms with Crippen LogP contribution in [0.4, 0.5) is 0 Å². The maximum Gasteiger partial charge on any atom is 0.0495 e. The maximum absolute atomic E-state index is 5.72. The number of hydrogen-bond acceptors (Lipinski definition) is 3. The standard InChI is InChI=1S/C14H29NO2/c1-4-16-10-5-11-17-12-14-6-8-15(9-7-14)13(2)3/h13-14H,4-12H2,1-3H3. The molecular formula is C14H29NO2. The van der Waals surface area contributed by atoms with Gasteiger partial charge in [0.2, 0.25) is 0 Å². The second-order valence-corrected chi connectivity index (χ2v) is 5.20. The van der Waals surface area contributed by atoms with E-state index in [1.165, 1.54) is 25.9 Å². The lowest BCUT2D eigenvalue weighted by molar-refractivity contribution is 0.0453. The Morgan fingerprint density at radius 1 is 1.12 bits per heavy atom. The van der Waals surface area contributed by atoms with Crippen LogP contribution in [-0.4, -0.2) is 50.5 Å². The molecule has 0 radical (unpaired) electrons. The van der Waals surface area contributed by atoms with Crippen molar-refractivity contribution in [3.63, 3.8) is 0 Å². The topological polar surface area (TPSA) is 21.7 Å². The Bertz CT molecular complexity index is 177. The van der Waals surface area contributed by atoms with Crippen LogP contribution in [0, 0.1) is 5.92 Å². The van der Waals surface area contributed by atoms with Gasteiger partial charge in [-0.1, -0.05) is 0 Å². The molecule has 1 aliphatic heterocycles. The molecule has 3 heteroatoms. The molecule has 0 amide bonds. The van der Waals surface area contributed by atoms with Crippen LogP contribution in [0.2, 0.25) is 0 Å². The SMILES string of the molecule is CCOCCCOCC1CCN(C(C)C)CC1. The lowest BCUT2D eigenvalue weighted by Gasteiger charge is -2.34. The molecule has 1 fully saturated rings. The minimum Gasteiger partial charge on any atom is -0.382 e. The van der Waals surface area contributed by atoms with Crippen molar-refractivity contribution in [2.45, 2.75) is 46.1 Å². The first-order valence-electron chi connectivity index (χ1n) is 7.13. The van der Waals surface area contributed by atoms with Crippen molar-refractivity contribution >= 4 is 0 Å². The van der Waals surface area contributed by atoms with Crippen LogP contribution in [0.25, 0.3) is 0 Å². The third-order valence-corrected chi connectivity index (χ3v) is 3.51. The van der Waals surface area contributed by atoms with Gasteiger partial charge in [-0.25, -0.2) is 0 Å². The highest BCUT2D eigenvalue weighted by atomic mass is 16.5. The van der Waals surface area contributed by atoms with Gasteiger partial charge in [0.05, 0.1) is 0 Å². The van der Waals surface area contributed by atoms with Crippen molar-refractivity contribution in [3.8, 4) is 0 Å². The summed E-state index contributed by atoms with van der Waals surface area (Å²) in [7, 11) is 0. The van der Waals surface area contributed by atoms with Crippen molar-refractivity contribution in [2.24, 2.45) is 5.92 Å². The van der Waals surface area contributed by atoms with Gasteiger partial charge in [-0.05, 0) is 59.0 Å². The van der Waals surface area contributed by atoms with Crippen LogP contribution < -0.4 is 0 Å². The van der Waals surface area contributed by atoms with Gasteiger partial charge in [-0.3, -0.25) is 0 Å². The molecule has 0 aromatic heterocycles. The largest absolute Gasteiger partial charge is 0.382 e. The van der Waals surface area contributed by atoms with Gasteiger partial charge in [-0.2, -0.15) is 0 Å². The third kappa shape index (κ3) is 6.39. The van der Waals surface area contributed by atoms with E-state index in [-0.39, 0.29) is 0 Å². The second kappa shape index (κ2) is 8.90. The lowest BCUT2D eigenvalue weighted by atomic mass is 9.97. The Kier molecular flexibility index (Phi) is 7.82. The second-order valence-electron chi connectivity index (χ2n) is 5.20. The molecule has 3 nitrogen and oxygen atoms in total. The average Bonchev–Trinajstić information content (AvgIpc) is 2.34. The summed E-state index contributed by atoms with van der Waals surface area (Å²) in [5.41, 5.74) is 0. The summed E-state index contributed by atoms with van der Waals surface area (Å²) in [6, 6.07) is 0.697. The molecule has 0 aromatic carbocycles. The van der Waals surface area contributed by atoms with Crippen LogP contribution in [-0.2, 0) is 9.47 Å². The molecule has 0 unspecified atom stereocenters. The molecule has 1 heterocycles. The fourth-order valence-corrected chi connectivity index (χ4v) is 2.29. The Balaban J connectivity index is 1.95. The summed E-state index contributed by atoms with van der Waals surface area (Å²) >= 11 is 0. The van der Waals surface area contributed by atoms with E-state index in [0.29, 0.717) is 6.04 Å². The molecule has 0 bridgehead atoms. The molecule has 1 saturated heterocycles. The van der Waals surface area contributed by atoms with Crippen LogP contribution in [0.3, 0.4) is 0 Å². The normalized spacial score (nSPS) is 19.1.